The smallest absolute Gasteiger partial charge is 0.415 e. The number of carbonyl (C=O) groups is 1. The molecule has 0 spiro atoms. The van der Waals surface area contributed by atoms with Gasteiger partial charge < -0.3 is 20.5 Å². The van der Waals surface area contributed by atoms with Crippen LogP contribution in [0.15, 0.2) is 23.2 Å². The molecule has 162 valence electrons. The van der Waals surface area contributed by atoms with Crippen molar-refractivity contribution in [1.82, 2.24) is 5.32 Å². The van der Waals surface area contributed by atoms with Crippen LogP contribution in [0.5, 0.6) is 0 Å². The highest BCUT2D eigenvalue weighted by molar-refractivity contribution is 5.90. The number of carbonyl (C=O) groups excluding carboxylic acids is 1. The van der Waals surface area contributed by atoms with E-state index < -0.39 is 5.60 Å². The van der Waals surface area contributed by atoms with Crippen LogP contribution in [0, 0.1) is 6.92 Å². The molecule has 1 aromatic rings. The molecule has 0 bridgehead atoms. The van der Waals surface area contributed by atoms with E-state index in [1.807, 2.05) is 46.8 Å². The van der Waals surface area contributed by atoms with Gasteiger partial charge in [0, 0.05) is 25.8 Å². The van der Waals surface area contributed by atoms with Crippen molar-refractivity contribution >= 4 is 17.7 Å². The van der Waals surface area contributed by atoms with Gasteiger partial charge >= 0.3 is 6.09 Å². The van der Waals surface area contributed by atoms with E-state index in [9.17, 15) is 4.79 Å². The second kappa shape index (κ2) is 10.5. The molecule has 1 saturated carbocycles. The number of hydrogen-bond acceptors (Lipinski definition) is 4. The number of hydrogen-bond donors (Lipinski definition) is 2. The van der Waals surface area contributed by atoms with Gasteiger partial charge in [-0.05, 0) is 71.1 Å². The fourth-order valence-electron chi connectivity index (χ4n) is 2.94. The Bertz CT molecular complexity index is 708. The van der Waals surface area contributed by atoms with Gasteiger partial charge in [-0.1, -0.05) is 12.1 Å². The number of aryl methyl sites for hydroxylation is 1. The number of nitrogens with zero attached hydrogens (tertiary/aromatic N) is 2. The molecular weight excluding hydrogens is 368 g/mol. The maximum absolute atomic E-state index is 12.7. The molecule has 0 atom stereocenters. The molecule has 0 unspecified atom stereocenters. The fraction of sp³-hybridized carbons (Fsp3) is 0.636. The van der Waals surface area contributed by atoms with Gasteiger partial charge in [-0.25, -0.2) is 9.79 Å². The summed E-state index contributed by atoms with van der Waals surface area (Å²) in [6.07, 6.45) is 2.63. The summed E-state index contributed by atoms with van der Waals surface area (Å²) in [7, 11) is 0. The normalized spacial score (nSPS) is 14.6. The highest BCUT2D eigenvalue weighted by Crippen LogP contribution is 2.35. The molecule has 3 N–H and O–H groups in total. The quantitative estimate of drug-likeness (QED) is 0.372. The van der Waals surface area contributed by atoms with Gasteiger partial charge in [0.2, 0.25) is 0 Å². The molecule has 1 aliphatic carbocycles. The monoisotopic (exact) mass is 404 g/mol. The molecule has 0 aromatic heterocycles. The maximum Gasteiger partial charge on any atom is 0.415 e. The number of rotatable bonds is 9. The summed E-state index contributed by atoms with van der Waals surface area (Å²) in [5, 5.41) is 3.09. The molecule has 1 amide bonds. The summed E-state index contributed by atoms with van der Waals surface area (Å²) >= 11 is 0. The van der Waals surface area contributed by atoms with Crippen molar-refractivity contribution in [2.24, 2.45) is 10.7 Å². The third kappa shape index (κ3) is 7.93. The van der Waals surface area contributed by atoms with Crippen molar-refractivity contribution in [3.63, 3.8) is 0 Å². The topological polar surface area (TPSA) is 89.2 Å². The largest absolute Gasteiger partial charge is 0.443 e. The Morgan fingerprint density at radius 2 is 2.07 bits per heavy atom. The molecule has 0 heterocycles. The van der Waals surface area contributed by atoms with Crippen LogP contribution in [0.2, 0.25) is 0 Å². The van der Waals surface area contributed by atoms with Crippen molar-refractivity contribution in [3.05, 3.63) is 29.3 Å². The second-order valence-corrected chi connectivity index (χ2v) is 8.38. The van der Waals surface area contributed by atoms with E-state index in [1.54, 1.807) is 4.90 Å². The summed E-state index contributed by atoms with van der Waals surface area (Å²) in [5.41, 5.74) is 8.39. The second-order valence-electron chi connectivity index (χ2n) is 8.38. The third-order valence-corrected chi connectivity index (χ3v) is 4.43. The zero-order valence-electron chi connectivity index (χ0n) is 18.5. The molecule has 7 heteroatoms. The van der Waals surface area contributed by atoms with E-state index in [2.05, 4.69) is 16.4 Å². The summed E-state index contributed by atoms with van der Waals surface area (Å²) < 4.78 is 10.9. The Kier molecular flexibility index (Phi) is 8.32. The Hall–Kier alpha value is -2.28. The lowest BCUT2D eigenvalue weighted by Gasteiger charge is -2.28. The van der Waals surface area contributed by atoms with E-state index in [0.717, 1.165) is 49.2 Å². The number of aliphatic imine (C=N–C) groups is 1. The van der Waals surface area contributed by atoms with E-state index in [4.69, 9.17) is 15.2 Å². The Morgan fingerprint density at radius 1 is 1.34 bits per heavy atom. The Labute approximate surface area is 174 Å². The van der Waals surface area contributed by atoms with Crippen molar-refractivity contribution < 1.29 is 14.3 Å². The first-order valence-corrected chi connectivity index (χ1v) is 10.4. The molecule has 1 aliphatic rings. The minimum Gasteiger partial charge on any atom is -0.443 e. The summed E-state index contributed by atoms with van der Waals surface area (Å²) in [4.78, 5) is 18.9. The molecule has 1 aromatic carbocycles. The fourth-order valence-corrected chi connectivity index (χ4v) is 2.94. The number of amides is 1. The van der Waals surface area contributed by atoms with Crippen molar-refractivity contribution in [2.45, 2.75) is 72.1 Å². The van der Waals surface area contributed by atoms with E-state index in [1.165, 1.54) is 0 Å². The number of nitrogens with two attached hydrogens (primary N) is 1. The van der Waals surface area contributed by atoms with Gasteiger partial charge in [-0.3, -0.25) is 4.90 Å². The minimum absolute atomic E-state index is 0.226. The van der Waals surface area contributed by atoms with Crippen LogP contribution in [0.25, 0.3) is 0 Å². The van der Waals surface area contributed by atoms with E-state index in [0.29, 0.717) is 19.1 Å². The molecular formula is C22H36N4O3. The van der Waals surface area contributed by atoms with Crippen LogP contribution in [-0.4, -0.2) is 43.5 Å². The van der Waals surface area contributed by atoms with Crippen molar-refractivity contribution in [2.75, 3.05) is 24.7 Å². The van der Waals surface area contributed by atoms with Gasteiger partial charge in [0.25, 0.3) is 0 Å². The number of benzene rings is 1. The molecule has 0 saturated heterocycles. The van der Waals surface area contributed by atoms with Crippen LogP contribution in [0.3, 0.4) is 0 Å². The molecule has 0 radical (unpaired) electrons. The van der Waals surface area contributed by atoms with Gasteiger partial charge in [0.05, 0.1) is 12.2 Å². The average Bonchev–Trinajstić information content (AvgIpc) is 3.45. The van der Waals surface area contributed by atoms with Crippen LogP contribution >= 0.6 is 0 Å². The first-order valence-electron chi connectivity index (χ1n) is 10.4. The number of guanidine groups is 1. The highest BCUT2D eigenvalue weighted by atomic mass is 16.6. The minimum atomic E-state index is -0.514. The van der Waals surface area contributed by atoms with Gasteiger partial charge in [0.1, 0.15) is 5.60 Å². The summed E-state index contributed by atoms with van der Waals surface area (Å²) in [6.45, 7) is 12.3. The lowest BCUT2D eigenvalue weighted by atomic mass is 10.1. The Balaban J connectivity index is 1.98. The van der Waals surface area contributed by atoms with Crippen LogP contribution in [-0.2, 0) is 16.0 Å². The first-order chi connectivity index (χ1) is 13.7. The molecule has 0 aliphatic heterocycles. The van der Waals surface area contributed by atoms with Crippen LogP contribution in [0.4, 0.5) is 10.5 Å². The van der Waals surface area contributed by atoms with E-state index in [-0.39, 0.29) is 12.1 Å². The summed E-state index contributed by atoms with van der Waals surface area (Å²) in [5.74, 6) is 0.427. The predicted molar refractivity (Wildman–Crippen MR) is 117 cm³/mol. The predicted octanol–water partition coefficient (Wildman–Crippen LogP) is 3.73. The lowest BCUT2D eigenvalue weighted by molar-refractivity contribution is 0.0577. The zero-order chi connectivity index (χ0) is 21.4. The van der Waals surface area contributed by atoms with Gasteiger partial charge in [0.15, 0.2) is 5.96 Å². The molecule has 2 rings (SSSR count). The molecule has 29 heavy (non-hydrogen) atoms. The SMILES string of the molecule is CCOCCCNC(N)=NCc1ccc(N(C(=O)OC(C)(C)C)C2CC2)c(C)c1. The average molecular weight is 405 g/mol. The van der Waals surface area contributed by atoms with Gasteiger partial charge in [-0.15, -0.1) is 0 Å². The zero-order valence-corrected chi connectivity index (χ0v) is 18.5. The molecule has 7 nitrogen and oxygen atoms in total. The highest BCUT2D eigenvalue weighted by Gasteiger charge is 2.37. The third-order valence-electron chi connectivity index (χ3n) is 4.43. The number of anilines is 1. The number of ether oxygens (including phenoxy) is 2. The van der Waals surface area contributed by atoms with Crippen LogP contribution in [0.1, 0.15) is 58.1 Å². The standard InChI is InChI=1S/C22H36N4O3/c1-6-28-13-7-12-24-20(23)25-15-17-8-11-19(16(2)14-17)26(18-9-10-18)21(27)29-22(3,4)5/h8,11,14,18H,6-7,9-10,12-13,15H2,1-5H3,(H3,23,24,25). The number of nitrogens with one attached hydrogen (secondary N) is 1. The lowest BCUT2D eigenvalue weighted by Crippen LogP contribution is -2.38. The van der Waals surface area contributed by atoms with Crippen molar-refractivity contribution in [3.8, 4) is 0 Å². The first kappa shape index (κ1) is 23.0. The van der Waals surface area contributed by atoms with Crippen molar-refractivity contribution in [1.29, 1.82) is 0 Å². The molecule has 1 fully saturated rings. The summed E-state index contributed by atoms with van der Waals surface area (Å²) in [6, 6.07) is 6.26. The van der Waals surface area contributed by atoms with E-state index >= 15 is 0 Å². The van der Waals surface area contributed by atoms with Gasteiger partial charge in [-0.2, -0.15) is 0 Å². The maximum atomic E-state index is 12.7. The Morgan fingerprint density at radius 3 is 2.66 bits per heavy atom. The van der Waals surface area contributed by atoms with Crippen LogP contribution < -0.4 is 16.0 Å².